The third-order valence-corrected chi connectivity index (χ3v) is 5.26. The van der Waals surface area contributed by atoms with Gasteiger partial charge in [-0.05, 0) is 23.6 Å². The number of ether oxygens (including phenoxy) is 2. The van der Waals surface area contributed by atoms with Crippen molar-refractivity contribution in [3.63, 3.8) is 0 Å². The maximum absolute atomic E-state index is 12.3. The van der Waals surface area contributed by atoms with E-state index >= 15 is 0 Å². The minimum Gasteiger partial charge on any atom is -0.454 e. The lowest BCUT2D eigenvalue weighted by atomic mass is 10.3. The average molecular weight is 313 g/mol. The predicted molar refractivity (Wildman–Crippen MR) is 73.6 cm³/mol. The summed E-state index contributed by atoms with van der Waals surface area (Å²) in [6.45, 7) is -0.181. The first-order valence-corrected chi connectivity index (χ1v) is 8.06. The van der Waals surface area contributed by atoms with Crippen LogP contribution in [0, 0.1) is 0 Å². The maximum Gasteiger partial charge on any atom is 0.263 e. The first-order chi connectivity index (χ1) is 9.60. The van der Waals surface area contributed by atoms with Crippen molar-refractivity contribution in [2.45, 2.75) is 11.5 Å². The van der Waals surface area contributed by atoms with E-state index in [4.69, 9.17) is 14.6 Å². The number of sulfonamides is 1. The molecule has 0 radical (unpaired) electrons. The second-order valence-electron chi connectivity index (χ2n) is 4.04. The van der Waals surface area contributed by atoms with E-state index in [2.05, 4.69) is 4.72 Å². The molecule has 0 unspecified atom stereocenters. The third kappa shape index (κ3) is 2.33. The van der Waals surface area contributed by atoms with Crippen LogP contribution < -0.4 is 14.2 Å². The van der Waals surface area contributed by atoms with Gasteiger partial charge in [0.2, 0.25) is 6.79 Å². The summed E-state index contributed by atoms with van der Waals surface area (Å²) in [6.07, 6.45) is 0. The third-order valence-electron chi connectivity index (χ3n) is 2.76. The molecule has 0 spiro atoms. The minimum absolute atomic E-state index is 0.0858. The van der Waals surface area contributed by atoms with Crippen molar-refractivity contribution in [2.75, 3.05) is 11.5 Å². The second kappa shape index (κ2) is 4.97. The van der Waals surface area contributed by atoms with Crippen molar-refractivity contribution in [1.82, 2.24) is 0 Å². The second-order valence-corrected chi connectivity index (χ2v) is 6.69. The molecule has 1 aliphatic rings. The molecule has 0 saturated heterocycles. The van der Waals surface area contributed by atoms with Crippen molar-refractivity contribution in [2.24, 2.45) is 0 Å². The Morgan fingerprint density at radius 2 is 2.05 bits per heavy atom. The van der Waals surface area contributed by atoms with Gasteiger partial charge in [-0.25, -0.2) is 8.42 Å². The van der Waals surface area contributed by atoms with Crippen LogP contribution in [-0.2, 0) is 16.6 Å². The lowest BCUT2D eigenvalue weighted by Crippen LogP contribution is -2.13. The number of thiophene rings is 1. The Morgan fingerprint density at radius 1 is 1.25 bits per heavy atom. The van der Waals surface area contributed by atoms with Crippen LogP contribution in [0.5, 0.6) is 11.5 Å². The summed E-state index contributed by atoms with van der Waals surface area (Å²) in [7, 11) is -3.73. The van der Waals surface area contributed by atoms with Crippen LogP contribution >= 0.6 is 11.3 Å². The van der Waals surface area contributed by atoms with Crippen LogP contribution in [-0.4, -0.2) is 20.3 Å². The van der Waals surface area contributed by atoms with Gasteiger partial charge in [0.05, 0.1) is 17.2 Å². The highest BCUT2D eigenvalue weighted by Gasteiger charge is 2.21. The number of fused-ring (bicyclic) bond motifs is 1. The summed E-state index contributed by atoms with van der Waals surface area (Å²) in [5, 5.41) is 10.8. The number of aliphatic hydroxyl groups is 1. The van der Waals surface area contributed by atoms with Crippen molar-refractivity contribution in [3.8, 4) is 11.5 Å². The summed E-state index contributed by atoms with van der Waals surface area (Å²) in [5.41, 5.74) is 0.379. The van der Waals surface area contributed by atoms with Crippen LogP contribution in [0.2, 0.25) is 0 Å². The van der Waals surface area contributed by atoms with Gasteiger partial charge in [0.15, 0.2) is 11.5 Å². The predicted octanol–water partition coefficient (Wildman–Crippen LogP) is 1.77. The number of benzene rings is 1. The molecule has 0 fully saturated rings. The zero-order valence-electron chi connectivity index (χ0n) is 10.2. The van der Waals surface area contributed by atoms with E-state index in [0.29, 0.717) is 22.1 Å². The van der Waals surface area contributed by atoms with E-state index in [0.717, 1.165) is 0 Å². The van der Waals surface area contributed by atoms with Crippen LogP contribution in [0.4, 0.5) is 5.69 Å². The smallest absolute Gasteiger partial charge is 0.263 e. The normalized spacial score (nSPS) is 13.4. The molecule has 106 valence electrons. The van der Waals surface area contributed by atoms with Gasteiger partial charge in [-0.15, -0.1) is 11.3 Å². The monoisotopic (exact) mass is 313 g/mol. The fraction of sp³-hybridized carbons (Fsp3) is 0.167. The van der Waals surface area contributed by atoms with E-state index in [-0.39, 0.29) is 18.3 Å². The first kappa shape index (κ1) is 13.2. The number of anilines is 1. The molecule has 0 bridgehead atoms. The maximum atomic E-state index is 12.3. The highest BCUT2D eigenvalue weighted by molar-refractivity contribution is 7.93. The molecule has 3 rings (SSSR count). The number of aliphatic hydroxyl groups excluding tert-OH is 1. The van der Waals surface area contributed by atoms with Gasteiger partial charge in [0.1, 0.15) is 4.90 Å². The SMILES string of the molecule is O=S(=O)(Nc1ccc2c(c1)OCO2)c1ccsc1CO. The molecule has 0 aliphatic carbocycles. The minimum atomic E-state index is -3.73. The van der Waals surface area contributed by atoms with Gasteiger partial charge >= 0.3 is 0 Å². The Morgan fingerprint density at radius 3 is 2.85 bits per heavy atom. The standard InChI is InChI=1S/C12H11NO5S2/c14-6-11-12(3-4-19-11)20(15,16)13-8-1-2-9-10(5-8)18-7-17-9/h1-5,13-14H,6-7H2. The molecule has 1 aromatic heterocycles. The van der Waals surface area contributed by atoms with E-state index in [1.165, 1.54) is 17.4 Å². The molecule has 8 heteroatoms. The highest BCUT2D eigenvalue weighted by Crippen LogP contribution is 2.35. The van der Waals surface area contributed by atoms with E-state index < -0.39 is 10.0 Å². The molecule has 0 saturated carbocycles. The zero-order valence-corrected chi connectivity index (χ0v) is 11.8. The van der Waals surface area contributed by atoms with Crippen molar-refractivity contribution < 1.29 is 23.0 Å². The van der Waals surface area contributed by atoms with Crippen molar-refractivity contribution in [3.05, 3.63) is 34.5 Å². The molecule has 1 aliphatic heterocycles. The van der Waals surface area contributed by atoms with Gasteiger partial charge in [-0.1, -0.05) is 0 Å². The molecular weight excluding hydrogens is 302 g/mol. The largest absolute Gasteiger partial charge is 0.454 e. The molecule has 20 heavy (non-hydrogen) atoms. The number of hydrogen-bond donors (Lipinski definition) is 2. The lowest BCUT2D eigenvalue weighted by Gasteiger charge is -2.08. The number of nitrogens with one attached hydrogen (secondary N) is 1. The molecular formula is C12H11NO5S2. The Balaban J connectivity index is 1.90. The van der Waals surface area contributed by atoms with Gasteiger partial charge in [-0.3, -0.25) is 4.72 Å². The molecule has 6 nitrogen and oxygen atoms in total. The van der Waals surface area contributed by atoms with Gasteiger partial charge in [-0.2, -0.15) is 0 Å². The van der Waals surface area contributed by atoms with Gasteiger partial charge in [0.25, 0.3) is 10.0 Å². The molecule has 1 aromatic carbocycles. The first-order valence-electron chi connectivity index (χ1n) is 5.70. The quantitative estimate of drug-likeness (QED) is 0.898. The van der Waals surface area contributed by atoms with Crippen molar-refractivity contribution >= 4 is 27.0 Å². The fourth-order valence-electron chi connectivity index (χ4n) is 1.85. The Kier molecular flexibility index (Phi) is 3.28. The molecule has 0 amide bonds. The summed E-state index contributed by atoms with van der Waals surface area (Å²) >= 11 is 1.19. The van der Waals surface area contributed by atoms with Crippen LogP contribution in [0.1, 0.15) is 4.88 Å². The average Bonchev–Trinajstić information content (AvgIpc) is 3.06. The summed E-state index contributed by atoms with van der Waals surface area (Å²) in [6, 6.07) is 6.26. The fourth-order valence-corrected chi connectivity index (χ4v) is 4.20. The highest BCUT2D eigenvalue weighted by atomic mass is 32.2. The Labute approximate surface area is 119 Å². The Bertz CT molecular complexity index is 738. The van der Waals surface area contributed by atoms with Crippen LogP contribution in [0.15, 0.2) is 34.5 Å². The molecule has 0 atom stereocenters. The van der Waals surface area contributed by atoms with Gasteiger partial charge < -0.3 is 14.6 Å². The van der Waals surface area contributed by atoms with E-state index in [1.807, 2.05) is 0 Å². The molecule has 2 heterocycles. The Hall–Kier alpha value is -1.77. The zero-order chi connectivity index (χ0) is 14.2. The number of rotatable bonds is 4. The lowest BCUT2D eigenvalue weighted by molar-refractivity contribution is 0.174. The summed E-state index contributed by atoms with van der Waals surface area (Å²) in [4.78, 5) is 0.487. The van der Waals surface area contributed by atoms with Crippen LogP contribution in [0.3, 0.4) is 0 Å². The number of hydrogen-bond acceptors (Lipinski definition) is 6. The van der Waals surface area contributed by atoms with Crippen molar-refractivity contribution in [1.29, 1.82) is 0 Å². The molecule has 2 aromatic rings. The van der Waals surface area contributed by atoms with E-state index in [1.54, 1.807) is 23.6 Å². The topological polar surface area (TPSA) is 84.9 Å². The summed E-state index contributed by atoms with van der Waals surface area (Å²) < 4.78 is 37.3. The van der Waals surface area contributed by atoms with Gasteiger partial charge in [0, 0.05) is 6.07 Å². The van der Waals surface area contributed by atoms with Crippen LogP contribution in [0.25, 0.3) is 0 Å². The summed E-state index contributed by atoms with van der Waals surface area (Å²) in [5.74, 6) is 1.08. The van der Waals surface area contributed by atoms with E-state index in [9.17, 15) is 8.42 Å². The molecule has 2 N–H and O–H groups in total.